The number of benzene rings is 1. The van der Waals surface area contributed by atoms with Crippen molar-refractivity contribution in [2.45, 2.75) is 38.6 Å². The Balaban J connectivity index is 2.08. The minimum absolute atomic E-state index is 0.111. The Morgan fingerprint density at radius 2 is 2.20 bits per heavy atom. The van der Waals surface area contributed by atoms with E-state index in [0.717, 1.165) is 24.2 Å². The summed E-state index contributed by atoms with van der Waals surface area (Å²) in [4.78, 5) is 10.5. The van der Waals surface area contributed by atoms with Gasteiger partial charge in [-0.05, 0) is 37.8 Å². The summed E-state index contributed by atoms with van der Waals surface area (Å²) in [5, 5.41) is 8.61. The van der Waals surface area contributed by atoms with Crippen LogP contribution in [0.5, 0.6) is 11.5 Å². The molecule has 1 aliphatic rings. The molecular weight excluding hydrogens is 258 g/mol. The van der Waals surface area contributed by atoms with Crippen LogP contribution in [-0.4, -0.2) is 30.3 Å². The van der Waals surface area contributed by atoms with E-state index >= 15 is 0 Å². The molecule has 0 saturated heterocycles. The number of carboxylic acids is 1. The van der Waals surface area contributed by atoms with Crippen molar-refractivity contribution in [3.05, 3.63) is 23.3 Å². The predicted octanol–water partition coefficient (Wildman–Crippen LogP) is 1.75. The molecule has 1 aromatic carbocycles. The van der Waals surface area contributed by atoms with Crippen LogP contribution in [0, 0.1) is 0 Å². The van der Waals surface area contributed by atoms with E-state index in [-0.39, 0.29) is 12.5 Å². The van der Waals surface area contributed by atoms with Crippen molar-refractivity contribution >= 4 is 5.97 Å². The van der Waals surface area contributed by atoms with Crippen molar-refractivity contribution in [1.82, 2.24) is 0 Å². The third-order valence-corrected chi connectivity index (χ3v) is 3.35. The van der Waals surface area contributed by atoms with Crippen LogP contribution in [-0.2, 0) is 17.6 Å². The maximum atomic E-state index is 10.5. The maximum Gasteiger partial charge on any atom is 0.303 e. The zero-order valence-corrected chi connectivity index (χ0v) is 11.7. The van der Waals surface area contributed by atoms with Crippen molar-refractivity contribution in [1.29, 1.82) is 0 Å². The molecule has 110 valence electrons. The normalized spacial score (nSPS) is 16.8. The highest BCUT2D eigenvalue weighted by atomic mass is 16.5. The van der Waals surface area contributed by atoms with Gasteiger partial charge in [0, 0.05) is 18.0 Å². The summed E-state index contributed by atoms with van der Waals surface area (Å²) >= 11 is 0. The molecule has 1 unspecified atom stereocenters. The molecular formula is C15H21NO4. The van der Waals surface area contributed by atoms with Crippen LogP contribution in [0.3, 0.4) is 0 Å². The molecule has 0 spiro atoms. The quantitative estimate of drug-likeness (QED) is 0.743. The molecule has 1 aromatic rings. The molecule has 1 aliphatic carbocycles. The SMILES string of the molecule is CCOc1c(OCCCC(=O)O)ccc2c1CC(N)C2. The van der Waals surface area contributed by atoms with E-state index < -0.39 is 5.97 Å². The van der Waals surface area contributed by atoms with Crippen LogP contribution in [0.25, 0.3) is 0 Å². The first kappa shape index (κ1) is 14.7. The molecule has 1 atom stereocenters. The second kappa shape index (κ2) is 6.61. The van der Waals surface area contributed by atoms with E-state index in [1.54, 1.807) is 0 Å². The smallest absolute Gasteiger partial charge is 0.303 e. The molecule has 0 bridgehead atoms. The molecule has 3 N–H and O–H groups in total. The van der Waals surface area contributed by atoms with Gasteiger partial charge in [-0.2, -0.15) is 0 Å². The predicted molar refractivity (Wildman–Crippen MR) is 75.4 cm³/mol. The molecule has 0 saturated carbocycles. The maximum absolute atomic E-state index is 10.5. The van der Waals surface area contributed by atoms with E-state index in [4.69, 9.17) is 20.3 Å². The Labute approximate surface area is 118 Å². The molecule has 0 aromatic heterocycles. The highest BCUT2D eigenvalue weighted by molar-refractivity contribution is 5.66. The Kier molecular flexibility index (Phi) is 4.84. The first-order chi connectivity index (χ1) is 9.61. The van der Waals surface area contributed by atoms with Crippen molar-refractivity contribution < 1.29 is 19.4 Å². The second-order valence-corrected chi connectivity index (χ2v) is 4.98. The highest BCUT2D eigenvalue weighted by Gasteiger charge is 2.24. The number of hydrogen-bond acceptors (Lipinski definition) is 4. The molecule has 20 heavy (non-hydrogen) atoms. The molecule has 0 heterocycles. The summed E-state index contributed by atoms with van der Waals surface area (Å²) in [6, 6.07) is 4.06. The number of carboxylic acid groups (broad SMARTS) is 1. The van der Waals surface area contributed by atoms with E-state index in [2.05, 4.69) is 0 Å². The van der Waals surface area contributed by atoms with Crippen molar-refractivity contribution in [2.75, 3.05) is 13.2 Å². The Bertz CT molecular complexity index is 487. The third-order valence-electron chi connectivity index (χ3n) is 3.35. The summed E-state index contributed by atoms with van der Waals surface area (Å²) in [6.45, 7) is 2.87. The number of hydrogen-bond donors (Lipinski definition) is 2. The van der Waals surface area contributed by atoms with Gasteiger partial charge in [0.05, 0.1) is 13.2 Å². The zero-order valence-electron chi connectivity index (χ0n) is 11.7. The van der Waals surface area contributed by atoms with E-state index in [9.17, 15) is 4.79 Å². The number of rotatable bonds is 7. The van der Waals surface area contributed by atoms with Crippen LogP contribution >= 0.6 is 0 Å². The average molecular weight is 279 g/mol. The Morgan fingerprint density at radius 3 is 2.90 bits per heavy atom. The lowest BCUT2D eigenvalue weighted by atomic mass is 10.1. The van der Waals surface area contributed by atoms with E-state index in [0.29, 0.717) is 25.4 Å². The standard InChI is InChI=1S/C15H21NO4/c1-2-19-15-12-9-11(16)8-10(12)5-6-13(15)20-7-3-4-14(17)18/h5-6,11H,2-4,7-9,16H2,1H3,(H,17,18). The van der Waals surface area contributed by atoms with Crippen molar-refractivity contribution in [2.24, 2.45) is 5.73 Å². The molecule has 0 fully saturated rings. The number of nitrogens with two attached hydrogens (primary N) is 1. The van der Waals surface area contributed by atoms with Gasteiger partial charge >= 0.3 is 5.97 Å². The topological polar surface area (TPSA) is 81.8 Å². The van der Waals surface area contributed by atoms with Gasteiger partial charge in [0.2, 0.25) is 0 Å². The third kappa shape index (κ3) is 3.42. The van der Waals surface area contributed by atoms with Crippen LogP contribution < -0.4 is 15.2 Å². The second-order valence-electron chi connectivity index (χ2n) is 4.98. The molecule has 0 radical (unpaired) electrons. The monoisotopic (exact) mass is 279 g/mol. The van der Waals surface area contributed by atoms with Crippen LogP contribution in [0.2, 0.25) is 0 Å². The molecule has 5 nitrogen and oxygen atoms in total. The summed E-state index contributed by atoms with van der Waals surface area (Å²) in [7, 11) is 0. The fourth-order valence-electron chi connectivity index (χ4n) is 2.50. The van der Waals surface area contributed by atoms with E-state index in [1.807, 2.05) is 19.1 Å². The van der Waals surface area contributed by atoms with Gasteiger partial charge in [-0.15, -0.1) is 0 Å². The Hall–Kier alpha value is -1.75. The number of aliphatic carboxylic acids is 1. The first-order valence-electron chi connectivity index (χ1n) is 6.99. The highest BCUT2D eigenvalue weighted by Crippen LogP contribution is 2.38. The number of carbonyl (C=O) groups is 1. The number of fused-ring (bicyclic) bond motifs is 1. The largest absolute Gasteiger partial charge is 0.490 e. The lowest BCUT2D eigenvalue weighted by Crippen LogP contribution is -2.19. The summed E-state index contributed by atoms with van der Waals surface area (Å²) in [6.07, 6.45) is 2.27. The average Bonchev–Trinajstić information content (AvgIpc) is 2.77. The first-order valence-corrected chi connectivity index (χ1v) is 6.99. The van der Waals surface area contributed by atoms with Gasteiger partial charge in [0.1, 0.15) is 0 Å². The van der Waals surface area contributed by atoms with Gasteiger partial charge in [-0.25, -0.2) is 0 Å². The van der Waals surface area contributed by atoms with Crippen LogP contribution in [0.15, 0.2) is 12.1 Å². The summed E-state index contributed by atoms with van der Waals surface area (Å²) in [5.41, 5.74) is 8.35. The van der Waals surface area contributed by atoms with Crippen LogP contribution in [0.4, 0.5) is 0 Å². The van der Waals surface area contributed by atoms with Gasteiger partial charge in [0.25, 0.3) is 0 Å². The fourth-order valence-corrected chi connectivity index (χ4v) is 2.50. The lowest BCUT2D eigenvalue weighted by Gasteiger charge is -2.15. The minimum atomic E-state index is -0.807. The van der Waals surface area contributed by atoms with Crippen molar-refractivity contribution in [3.8, 4) is 11.5 Å². The minimum Gasteiger partial charge on any atom is -0.490 e. The molecule has 0 aliphatic heterocycles. The van der Waals surface area contributed by atoms with Gasteiger partial charge in [0.15, 0.2) is 11.5 Å². The van der Waals surface area contributed by atoms with Crippen LogP contribution in [0.1, 0.15) is 30.9 Å². The fraction of sp³-hybridized carbons (Fsp3) is 0.533. The number of ether oxygens (including phenoxy) is 2. The van der Waals surface area contributed by atoms with E-state index in [1.165, 1.54) is 5.56 Å². The summed E-state index contributed by atoms with van der Waals surface area (Å²) < 4.78 is 11.4. The Morgan fingerprint density at radius 1 is 1.40 bits per heavy atom. The van der Waals surface area contributed by atoms with Gasteiger partial charge in [-0.3, -0.25) is 4.79 Å². The lowest BCUT2D eigenvalue weighted by molar-refractivity contribution is -0.137. The zero-order chi connectivity index (χ0) is 14.5. The molecule has 2 rings (SSSR count). The summed E-state index contributed by atoms with van der Waals surface area (Å²) in [5.74, 6) is 0.650. The van der Waals surface area contributed by atoms with Gasteiger partial charge < -0.3 is 20.3 Å². The van der Waals surface area contributed by atoms with Gasteiger partial charge in [-0.1, -0.05) is 6.07 Å². The molecule has 5 heteroatoms. The molecule has 0 amide bonds. The van der Waals surface area contributed by atoms with Crippen molar-refractivity contribution in [3.63, 3.8) is 0 Å².